The maximum absolute atomic E-state index is 10.7. The standard InChI is InChI=1S/C9H15N.C8H13NO/c1-7(2)4-9-5-8(3)10-6-9;1-6(2)3-7-4-8(10)9-5-7/h4,9-10H,3,5-6H2,1-2H3;7H,1,3-5H2,2H3,(H,9,10)/t9-;7-/m00/s1. The van der Waals surface area contributed by atoms with Crippen molar-refractivity contribution in [2.45, 2.75) is 40.0 Å². The maximum Gasteiger partial charge on any atom is 0.220 e. The molecule has 0 aliphatic carbocycles. The molecule has 0 radical (unpaired) electrons. The predicted octanol–water partition coefficient (Wildman–Crippen LogP) is 3.16. The Balaban J connectivity index is 0.000000200. The van der Waals surface area contributed by atoms with Crippen LogP contribution >= 0.6 is 0 Å². The summed E-state index contributed by atoms with van der Waals surface area (Å²) in [6, 6.07) is 0. The Hall–Kier alpha value is -1.51. The Morgan fingerprint density at radius 2 is 1.95 bits per heavy atom. The lowest BCUT2D eigenvalue weighted by molar-refractivity contribution is -0.119. The first-order valence-electron chi connectivity index (χ1n) is 7.34. The lowest BCUT2D eigenvalue weighted by Crippen LogP contribution is -2.13. The normalized spacial score (nSPS) is 24.4. The van der Waals surface area contributed by atoms with E-state index in [9.17, 15) is 4.79 Å². The topological polar surface area (TPSA) is 41.1 Å². The van der Waals surface area contributed by atoms with Gasteiger partial charge in [0, 0.05) is 25.2 Å². The molecular formula is C17H28N2O. The van der Waals surface area contributed by atoms with Crippen molar-refractivity contribution in [1.29, 1.82) is 0 Å². The molecular weight excluding hydrogens is 248 g/mol. The molecule has 1 amide bonds. The second kappa shape index (κ2) is 7.93. The summed E-state index contributed by atoms with van der Waals surface area (Å²) < 4.78 is 0. The van der Waals surface area contributed by atoms with Gasteiger partial charge in [-0.3, -0.25) is 4.79 Å². The molecule has 112 valence electrons. The highest BCUT2D eigenvalue weighted by Gasteiger charge is 2.20. The lowest BCUT2D eigenvalue weighted by atomic mass is 10.0. The fourth-order valence-corrected chi connectivity index (χ4v) is 2.63. The summed E-state index contributed by atoms with van der Waals surface area (Å²) in [4.78, 5) is 10.7. The van der Waals surface area contributed by atoms with Crippen molar-refractivity contribution in [3.05, 3.63) is 36.1 Å². The smallest absolute Gasteiger partial charge is 0.220 e. The summed E-state index contributed by atoms with van der Waals surface area (Å²) in [6.45, 7) is 15.9. The number of carbonyl (C=O) groups excluding carboxylic acids is 1. The van der Waals surface area contributed by atoms with Crippen molar-refractivity contribution in [1.82, 2.24) is 10.6 Å². The number of rotatable bonds is 3. The Labute approximate surface area is 123 Å². The van der Waals surface area contributed by atoms with Gasteiger partial charge in [0.2, 0.25) is 5.91 Å². The third kappa shape index (κ3) is 6.60. The van der Waals surface area contributed by atoms with Gasteiger partial charge in [-0.1, -0.05) is 23.8 Å². The number of allylic oxidation sites excluding steroid dienone is 3. The summed E-state index contributed by atoms with van der Waals surface area (Å²) in [6.07, 6.45) is 5.10. The SMILES string of the molecule is C=C(C)C[C@@H]1CNC(=O)C1.C=C1C[C@H](C=C(C)C)CN1. The van der Waals surface area contributed by atoms with Crippen LogP contribution in [-0.2, 0) is 4.79 Å². The molecule has 2 heterocycles. The molecule has 2 aliphatic rings. The fourth-order valence-electron chi connectivity index (χ4n) is 2.63. The minimum Gasteiger partial charge on any atom is -0.388 e. The highest BCUT2D eigenvalue weighted by molar-refractivity contribution is 5.78. The molecule has 2 saturated heterocycles. The van der Waals surface area contributed by atoms with Crippen molar-refractivity contribution in [3.8, 4) is 0 Å². The second-order valence-corrected chi connectivity index (χ2v) is 6.23. The quantitative estimate of drug-likeness (QED) is 0.777. The van der Waals surface area contributed by atoms with Crippen molar-refractivity contribution >= 4 is 5.91 Å². The van der Waals surface area contributed by atoms with E-state index in [-0.39, 0.29) is 5.91 Å². The van der Waals surface area contributed by atoms with Crippen molar-refractivity contribution in [3.63, 3.8) is 0 Å². The number of amides is 1. The molecule has 2 N–H and O–H groups in total. The summed E-state index contributed by atoms with van der Waals surface area (Å²) in [5.74, 6) is 1.38. The molecule has 0 aromatic rings. The van der Waals surface area contributed by atoms with Crippen LogP contribution in [0.1, 0.15) is 40.0 Å². The predicted molar refractivity (Wildman–Crippen MR) is 85.2 cm³/mol. The van der Waals surface area contributed by atoms with Crippen LogP contribution in [0, 0.1) is 11.8 Å². The maximum atomic E-state index is 10.7. The van der Waals surface area contributed by atoms with E-state index in [1.165, 1.54) is 16.8 Å². The van der Waals surface area contributed by atoms with Gasteiger partial charge in [0.25, 0.3) is 0 Å². The van der Waals surface area contributed by atoms with Gasteiger partial charge in [-0.05, 0) is 45.4 Å². The van der Waals surface area contributed by atoms with E-state index in [1.807, 2.05) is 6.92 Å². The van der Waals surface area contributed by atoms with Crippen LogP contribution in [0.4, 0.5) is 0 Å². The van der Waals surface area contributed by atoms with Gasteiger partial charge in [0.15, 0.2) is 0 Å². The van der Waals surface area contributed by atoms with E-state index in [4.69, 9.17) is 0 Å². The number of carbonyl (C=O) groups is 1. The molecule has 2 aliphatic heterocycles. The average Bonchev–Trinajstić information content (AvgIpc) is 2.87. The molecule has 2 rings (SSSR count). The third-order valence-electron chi connectivity index (χ3n) is 3.39. The van der Waals surface area contributed by atoms with Gasteiger partial charge in [0.05, 0.1) is 0 Å². The second-order valence-electron chi connectivity index (χ2n) is 6.23. The molecule has 2 fully saturated rings. The number of nitrogens with one attached hydrogen (secondary N) is 2. The lowest BCUT2D eigenvalue weighted by Gasteiger charge is -2.04. The van der Waals surface area contributed by atoms with E-state index in [0.717, 1.165) is 25.9 Å². The van der Waals surface area contributed by atoms with Gasteiger partial charge < -0.3 is 10.6 Å². The zero-order valence-corrected chi connectivity index (χ0v) is 13.1. The van der Waals surface area contributed by atoms with Crippen LogP contribution in [0.25, 0.3) is 0 Å². The van der Waals surface area contributed by atoms with Crippen LogP contribution in [-0.4, -0.2) is 19.0 Å². The monoisotopic (exact) mass is 276 g/mol. The Kier molecular flexibility index (Phi) is 6.56. The van der Waals surface area contributed by atoms with Crippen molar-refractivity contribution < 1.29 is 4.79 Å². The molecule has 2 atom stereocenters. The molecule has 0 aromatic heterocycles. The molecule has 0 spiro atoms. The first-order valence-corrected chi connectivity index (χ1v) is 7.34. The number of hydrogen-bond acceptors (Lipinski definition) is 2. The Morgan fingerprint density at radius 3 is 2.35 bits per heavy atom. The molecule has 0 aromatic carbocycles. The third-order valence-corrected chi connectivity index (χ3v) is 3.39. The van der Waals surface area contributed by atoms with Crippen LogP contribution < -0.4 is 10.6 Å². The minimum atomic E-state index is 0.186. The zero-order valence-electron chi connectivity index (χ0n) is 13.1. The van der Waals surface area contributed by atoms with Crippen LogP contribution in [0.5, 0.6) is 0 Å². The van der Waals surface area contributed by atoms with E-state index in [0.29, 0.717) is 18.3 Å². The zero-order chi connectivity index (χ0) is 15.1. The van der Waals surface area contributed by atoms with Gasteiger partial charge >= 0.3 is 0 Å². The van der Waals surface area contributed by atoms with Gasteiger partial charge in [-0.15, -0.1) is 6.58 Å². The highest BCUT2D eigenvalue weighted by Crippen LogP contribution is 2.18. The van der Waals surface area contributed by atoms with Gasteiger partial charge in [0.1, 0.15) is 0 Å². The van der Waals surface area contributed by atoms with E-state index in [1.54, 1.807) is 0 Å². The van der Waals surface area contributed by atoms with Gasteiger partial charge in [-0.25, -0.2) is 0 Å². The fraction of sp³-hybridized carbons (Fsp3) is 0.588. The average molecular weight is 276 g/mol. The molecule has 0 bridgehead atoms. The molecule has 0 saturated carbocycles. The van der Waals surface area contributed by atoms with Crippen molar-refractivity contribution in [2.24, 2.45) is 11.8 Å². The molecule has 0 unspecified atom stereocenters. The Bertz CT molecular complexity index is 405. The van der Waals surface area contributed by atoms with Crippen LogP contribution in [0.2, 0.25) is 0 Å². The molecule has 3 heteroatoms. The number of hydrogen-bond donors (Lipinski definition) is 2. The van der Waals surface area contributed by atoms with Crippen molar-refractivity contribution in [2.75, 3.05) is 13.1 Å². The summed E-state index contributed by atoms with van der Waals surface area (Å²) >= 11 is 0. The molecule has 20 heavy (non-hydrogen) atoms. The Morgan fingerprint density at radius 1 is 1.25 bits per heavy atom. The van der Waals surface area contributed by atoms with Gasteiger partial charge in [-0.2, -0.15) is 0 Å². The molecule has 3 nitrogen and oxygen atoms in total. The highest BCUT2D eigenvalue weighted by atomic mass is 16.1. The first kappa shape index (κ1) is 16.5. The van der Waals surface area contributed by atoms with E-state index >= 15 is 0 Å². The summed E-state index contributed by atoms with van der Waals surface area (Å²) in [7, 11) is 0. The summed E-state index contributed by atoms with van der Waals surface area (Å²) in [5.41, 5.74) is 3.76. The van der Waals surface area contributed by atoms with E-state index in [2.05, 4.69) is 43.7 Å². The first-order chi connectivity index (χ1) is 9.36. The minimum absolute atomic E-state index is 0.186. The van der Waals surface area contributed by atoms with Crippen LogP contribution in [0.3, 0.4) is 0 Å². The van der Waals surface area contributed by atoms with E-state index < -0.39 is 0 Å². The largest absolute Gasteiger partial charge is 0.388 e. The van der Waals surface area contributed by atoms with Crippen LogP contribution in [0.15, 0.2) is 36.1 Å². The summed E-state index contributed by atoms with van der Waals surface area (Å²) in [5, 5.41) is 6.03.